The number of halogens is 1. The van der Waals surface area contributed by atoms with Gasteiger partial charge in [0.25, 0.3) is 0 Å². The van der Waals surface area contributed by atoms with Crippen molar-refractivity contribution < 1.29 is 4.79 Å². The Labute approximate surface area is 115 Å². The maximum atomic E-state index is 12.4. The molecule has 0 bridgehead atoms. The number of hydrogen-bond donors (Lipinski definition) is 0. The van der Waals surface area contributed by atoms with Crippen LogP contribution in [0.25, 0.3) is 5.52 Å². The van der Waals surface area contributed by atoms with Gasteiger partial charge in [0.15, 0.2) is 5.78 Å². The van der Waals surface area contributed by atoms with Crippen molar-refractivity contribution in [1.29, 1.82) is 0 Å². The number of ketones is 1. The minimum Gasteiger partial charge on any atom is -0.294 e. The maximum absolute atomic E-state index is 12.4. The summed E-state index contributed by atoms with van der Waals surface area (Å²) in [6.45, 7) is 7.97. The van der Waals surface area contributed by atoms with Crippen LogP contribution in [-0.2, 0) is 0 Å². The molecule has 0 aliphatic carbocycles. The second kappa shape index (κ2) is 4.84. The van der Waals surface area contributed by atoms with E-state index in [-0.39, 0.29) is 17.6 Å². The van der Waals surface area contributed by atoms with E-state index in [9.17, 15) is 4.79 Å². The molecule has 0 N–H and O–H groups in total. The third-order valence-electron chi connectivity index (χ3n) is 2.95. The molecule has 0 unspecified atom stereocenters. The molecule has 3 nitrogen and oxygen atoms in total. The molecule has 0 aromatic carbocycles. The first-order valence-electron chi connectivity index (χ1n) is 6.14. The molecular formula is C14H17BrN2O. The topological polar surface area (TPSA) is 34.4 Å². The van der Waals surface area contributed by atoms with Gasteiger partial charge < -0.3 is 0 Å². The molecular weight excluding hydrogens is 292 g/mol. The minimum atomic E-state index is -0.0254. The van der Waals surface area contributed by atoms with Crippen LogP contribution < -0.4 is 0 Å². The van der Waals surface area contributed by atoms with Gasteiger partial charge in [-0.3, -0.25) is 4.79 Å². The third-order valence-corrected chi connectivity index (χ3v) is 3.59. The van der Waals surface area contributed by atoms with Gasteiger partial charge in [0, 0.05) is 16.6 Å². The number of hydrogen-bond acceptors (Lipinski definition) is 2. The molecule has 2 heterocycles. The first kappa shape index (κ1) is 13.3. The molecule has 18 heavy (non-hydrogen) atoms. The van der Waals surface area contributed by atoms with Crippen molar-refractivity contribution in [2.75, 3.05) is 0 Å². The van der Waals surface area contributed by atoms with E-state index in [1.807, 2.05) is 32.2 Å². The third kappa shape index (κ3) is 2.09. The SMILES string of the molecule is CC(C)C(=O)c1c(C(C)C)nn2cccc(Br)c12. The van der Waals surface area contributed by atoms with Gasteiger partial charge in [-0.1, -0.05) is 27.7 Å². The molecule has 2 rings (SSSR count). The summed E-state index contributed by atoms with van der Waals surface area (Å²) in [5.41, 5.74) is 2.51. The van der Waals surface area contributed by atoms with E-state index in [1.165, 1.54) is 0 Å². The first-order chi connectivity index (χ1) is 8.43. The summed E-state index contributed by atoms with van der Waals surface area (Å²) in [5, 5.41) is 4.54. The Morgan fingerprint density at radius 2 is 2.00 bits per heavy atom. The highest BCUT2D eigenvalue weighted by Gasteiger charge is 2.24. The van der Waals surface area contributed by atoms with E-state index in [1.54, 1.807) is 4.52 Å². The highest BCUT2D eigenvalue weighted by Crippen LogP contribution is 2.29. The van der Waals surface area contributed by atoms with Gasteiger partial charge in [0.05, 0.1) is 16.8 Å². The summed E-state index contributed by atoms with van der Waals surface area (Å²) in [6.07, 6.45) is 1.88. The summed E-state index contributed by atoms with van der Waals surface area (Å²) in [5.74, 6) is 0.359. The van der Waals surface area contributed by atoms with Crippen LogP contribution in [-0.4, -0.2) is 15.4 Å². The molecule has 0 atom stereocenters. The zero-order valence-corrected chi connectivity index (χ0v) is 12.7. The number of carbonyl (C=O) groups excluding carboxylic acids is 1. The molecule has 0 aliphatic rings. The number of pyridine rings is 1. The average molecular weight is 309 g/mol. The van der Waals surface area contributed by atoms with Crippen LogP contribution in [0, 0.1) is 5.92 Å². The standard InChI is InChI=1S/C14H17BrN2O/c1-8(2)12-11(14(18)9(3)4)13-10(15)6-5-7-17(13)16-12/h5-9H,1-4H3. The van der Waals surface area contributed by atoms with Gasteiger partial charge in [0.2, 0.25) is 0 Å². The normalized spacial score (nSPS) is 11.7. The zero-order chi connectivity index (χ0) is 13.4. The number of aromatic nitrogens is 2. The lowest BCUT2D eigenvalue weighted by atomic mass is 9.95. The van der Waals surface area contributed by atoms with E-state index in [0.717, 1.165) is 21.2 Å². The van der Waals surface area contributed by atoms with Gasteiger partial charge in [-0.25, -0.2) is 4.52 Å². The molecule has 2 aromatic heterocycles. The molecule has 4 heteroatoms. The smallest absolute Gasteiger partial charge is 0.169 e. The Hall–Kier alpha value is -1.16. The van der Waals surface area contributed by atoms with Crippen molar-refractivity contribution in [2.45, 2.75) is 33.6 Å². The van der Waals surface area contributed by atoms with E-state index < -0.39 is 0 Å². The first-order valence-corrected chi connectivity index (χ1v) is 6.93. The number of Topliss-reactive ketones (excluding diaryl/α,β-unsaturated/α-hetero) is 1. The summed E-state index contributed by atoms with van der Waals surface area (Å²) in [4.78, 5) is 12.4. The molecule has 0 spiro atoms. The summed E-state index contributed by atoms with van der Waals surface area (Å²) in [7, 11) is 0. The predicted octanol–water partition coefficient (Wildman–Crippen LogP) is 4.06. The van der Waals surface area contributed by atoms with Gasteiger partial charge in [-0.2, -0.15) is 5.10 Å². The molecule has 0 saturated carbocycles. The fourth-order valence-corrected chi connectivity index (χ4v) is 2.54. The van der Waals surface area contributed by atoms with Crippen LogP contribution in [0.1, 0.15) is 49.7 Å². The molecule has 0 aliphatic heterocycles. The van der Waals surface area contributed by atoms with E-state index in [2.05, 4.69) is 34.9 Å². The second-order valence-electron chi connectivity index (χ2n) is 5.08. The Balaban J connectivity index is 2.81. The number of carbonyl (C=O) groups is 1. The molecule has 0 radical (unpaired) electrons. The lowest BCUT2D eigenvalue weighted by molar-refractivity contribution is 0.0939. The average Bonchev–Trinajstić information content (AvgIpc) is 2.68. The molecule has 96 valence electrons. The van der Waals surface area contributed by atoms with Crippen molar-refractivity contribution in [3.63, 3.8) is 0 Å². The van der Waals surface area contributed by atoms with Crippen molar-refractivity contribution in [1.82, 2.24) is 9.61 Å². The Kier molecular flexibility index (Phi) is 3.57. The van der Waals surface area contributed by atoms with E-state index in [4.69, 9.17) is 0 Å². The van der Waals surface area contributed by atoms with Gasteiger partial charge in [-0.15, -0.1) is 0 Å². The van der Waals surface area contributed by atoms with Gasteiger partial charge in [-0.05, 0) is 34.0 Å². The molecule has 0 amide bonds. The monoisotopic (exact) mass is 308 g/mol. The molecule has 0 fully saturated rings. The van der Waals surface area contributed by atoms with Crippen molar-refractivity contribution >= 4 is 27.2 Å². The number of nitrogens with zero attached hydrogens (tertiary/aromatic N) is 2. The fourth-order valence-electron chi connectivity index (χ4n) is 2.01. The van der Waals surface area contributed by atoms with Crippen LogP contribution in [0.15, 0.2) is 22.8 Å². The minimum absolute atomic E-state index is 0.0254. The lowest BCUT2D eigenvalue weighted by Crippen LogP contribution is -2.10. The maximum Gasteiger partial charge on any atom is 0.169 e. The highest BCUT2D eigenvalue weighted by atomic mass is 79.9. The van der Waals surface area contributed by atoms with E-state index in [0.29, 0.717) is 0 Å². The second-order valence-corrected chi connectivity index (χ2v) is 5.94. The number of fused-ring (bicyclic) bond motifs is 1. The van der Waals surface area contributed by atoms with Crippen LogP contribution in [0.4, 0.5) is 0 Å². The summed E-state index contributed by atoms with van der Waals surface area (Å²) >= 11 is 3.51. The Bertz CT molecular complexity index is 599. The number of rotatable bonds is 3. The fraction of sp³-hybridized carbons (Fsp3) is 0.429. The summed E-state index contributed by atoms with van der Waals surface area (Å²) < 4.78 is 2.70. The Morgan fingerprint density at radius 3 is 2.56 bits per heavy atom. The quantitative estimate of drug-likeness (QED) is 0.801. The molecule has 2 aromatic rings. The van der Waals surface area contributed by atoms with Crippen molar-refractivity contribution in [2.24, 2.45) is 5.92 Å². The highest BCUT2D eigenvalue weighted by molar-refractivity contribution is 9.10. The van der Waals surface area contributed by atoms with Crippen molar-refractivity contribution in [3.8, 4) is 0 Å². The predicted molar refractivity (Wildman–Crippen MR) is 76.1 cm³/mol. The van der Waals surface area contributed by atoms with Crippen molar-refractivity contribution in [3.05, 3.63) is 34.1 Å². The zero-order valence-electron chi connectivity index (χ0n) is 11.1. The largest absolute Gasteiger partial charge is 0.294 e. The summed E-state index contributed by atoms with van der Waals surface area (Å²) in [6, 6.07) is 3.86. The van der Waals surface area contributed by atoms with Gasteiger partial charge in [0.1, 0.15) is 0 Å². The van der Waals surface area contributed by atoms with Crippen LogP contribution >= 0.6 is 15.9 Å². The van der Waals surface area contributed by atoms with Crippen LogP contribution in [0.2, 0.25) is 0 Å². The van der Waals surface area contributed by atoms with Gasteiger partial charge >= 0.3 is 0 Å². The van der Waals surface area contributed by atoms with E-state index >= 15 is 0 Å². The lowest BCUT2D eigenvalue weighted by Gasteiger charge is -2.07. The van der Waals surface area contributed by atoms with Crippen LogP contribution in [0.5, 0.6) is 0 Å². The van der Waals surface area contributed by atoms with Crippen LogP contribution in [0.3, 0.4) is 0 Å². The Morgan fingerprint density at radius 1 is 1.33 bits per heavy atom. The molecule has 0 saturated heterocycles.